The zero-order valence-corrected chi connectivity index (χ0v) is 10.0. The van der Waals surface area contributed by atoms with Gasteiger partial charge >= 0.3 is 0 Å². The smallest absolute Gasteiger partial charge is 0.281 e. The molecule has 0 unspecified atom stereocenters. The van der Waals surface area contributed by atoms with Crippen LogP contribution in [0.2, 0.25) is 0 Å². The Labute approximate surface area is 91.9 Å². The fraction of sp³-hybridized carbons (Fsp3) is 1.00. The summed E-state index contributed by atoms with van der Waals surface area (Å²) >= 11 is 0. The van der Waals surface area contributed by atoms with Gasteiger partial charge in [0.15, 0.2) is 0 Å². The highest BCUT2D eigenvalue weighted by molar-refractivity contribution is 7.86. The Kier molecular flexibility index (Phi) is 4.98. The molecule has 0 bridgehead atoms. The molecular weight excluding hydrogens is 216 g/mol. The van der Waals surface area contributed by atoms with Gasteiger partial charge in [-0.2, -0.15) is 17.0 Å². The molecule has 0 aromatic heterocycles. The summed E-state index contributed by atoms with van der Waals surface area (Å²) < 4.78 is 26.7. The minimum Gasteiger partial charge on any atom is -0.395 e. The second-order valence-electron chi connectivity index (χ2n) is 3.87. The molecule has 0 spiro atoms. The van der Waals surface area contributed by atoms with Crippen LogP contribution in [0.25, 0.3) is 0 Å². The van der Waals surface area contributed by atoms with Crippen molar-refractivity contribution in [3.8, 4) is 0 Å². The molecule has 1 rings (SSSR count). The monoisotopic (exact) mass is 236 g/mol. The Morgan fingerprint density at radius 1 is 1.20 bits per heavy atom. The molecule has 1 aliphatic rings. The SMILES string of the molecule is CN(CCO)S(=O)(=O)N1CCCCCC1. The lowest BCUT2D eigenvalue weighted by molar-refractivity contribution is 0.258. The van der Waals surface area contributed by atoms with Gasteiger partial charge in [0, 0.05) is 26.7 Å². The minimum atomic E-state index is -3.34. The van der Waals surface area contributed by atoms with Gasteiger partial charge in [-0.1, -0.05) is 12.8 Å². The summed E-state index contributed by atoms with van der Waals surface area (Å²) in [5.74, 6) is 0. The molecule has 0 aliphatic carbocycles. The van der Waals surface area contributed by atoms with Gasteiger partial charge in [-0.15, -0.1) is 0 Å². The molecule has 90 valence electrons. The van der Waals surface area contributed by atoms with Crippen molar-refractivity contribution in [3.05, 3.63) is 0 Å². The van der Waals surface area contributed by atoms with E-state index in [0.29, 0.717) is 13.1 Å². The summed E-state index contributed by atoms with van der Waals surface area (Å²) in [5.41, 5.74) is 0. The number of rotatable bonds is 4. The lowest BCUT2D eigenvalue weighted by Crippen LogP contribution is -2.43. The van der Waals surface area contributed by atoms with Gasteiger partial charge in [-0.05, 0) is 12.8 Å². The first-order chi connectivity index (χ1) is 7.09. The number of hydrogen-bond donors (Lipinski definition) is 1. The molecule has 1 aliphatic heterocycles. The third-order valence-electron chi connectivity index (χ3n) is 2.70. The lowest BCUT2D eigenvalue weighted by Gasteiger charge is -2.25. The summed E-state index contributed by atoms with van der Waals surface area (Å²) in [4.78, 5) is 0. The van der Waals surface area contributed by atoms with Crippen molar-refractivity contribution in [2.45, 2.75) is 25.7 Å². The molecule has 0 saturated carbocycles. The van der Waals surface area contributed by atoms with E-state index in [9.17, 15) is 8.42 Å². The average Bonchev–Trinajstić information content (AvgIpc) is 2.46. The van der Waals surface area contributed by atoms with Crippen LogP contribution < -0.4 is 0 Å². The highest BCUT2D eigenvalue weighted by atomic mass is 32.2. The second-order valence-corrected chi connectivity index (χ2v) is 5.90. The summed E-state index contributed by atoms with van der Waals surface area (Å²) in [6, 6.07) is 0. The standard InChI is InChI=1S/C9H20N2O3S/c1-10(8-9-12)15(13,14)11-6-4-2-3-5-7-11/h12H,2-9H2,1H3. The molecule has 0 aromatic rings. The summed E-state index contributed by atoms with van der Waals surface area (Å²) in [5, 5.41) is 8.73. The second kappa shape index (κ2) is 5.79. The first-order valence-electron chi connectivity index (χ1n) is 5.41. The predicted octanol–water partition coefficient (Wildman–Crippen LogP) is 0.0313. The van der Waals surface area contributed by atoms with Crippen LogP contribution in [0, 0.1) is 0 Å². The Morgan fingerprint density at radius 3 is 2.20 bits per heavy atom. The number of aliphatic hydroxyl groups is 1. The van der Waals surface area contributed by atoms with Gasteiger partial charge in [0.25, 0.3) is 10.2 Å². The minimum absolute atomic E-state index is 0.135. The Balaban J connectivity index is 2.66. The van der Waals surface area contributed by atoms with Crippen LogP contribution in [-0.4, -0.2) is 55.4 Å². The molecule has 5 nitrogen and oxygen atoms in total. The van der Waals surface area contributed by atoms with Crippen LogP contribution in [-0.2, 0) is 10.2 Å². The topological polar surface area (TPSA) is 60.9 Å². The van der Waals surface area contributed by atoms with E-state index in [1.807, 2.05) is 0 Å². The first-order valence-corrected chi connectivity index (χ1v) is 6.81. The van der Waals surface area contributed by atoms with Gasteiger partial charge in [-0.3, -0.25) is 0 Å². The zero-order chi connectivity index (χ0) is 11.3. The maximum atomic E-state index is 12.0. The maximum absolute atomic E-state index is 12.0. The van der Waals surface area contributed by atoms with Crippen LogP contribution in [0.1, 0.15) is 25.7 Å². The predicted molar refractivity (Wildman–Crippen MR) is 58.7 cm³/mol. The van der Waals surface area contributed by atoms with E-state index in [2.05, 4.69) is 0 Å². The molecule has 1 heterocycles. The number of hydrogen-bond acceptors (Lipinski definition) is 3. The summed E-state index contributed by atoms with van der Waals surface area (Å²) in [6.45, 7) is 1.25. The van der Waals surface area contributed by atoms with Crippen molar-refractivity contribution in [3.63, 3.8) is 0 Å². The third-order valence-corrected chi connectivity index (χ3v) is 4.69. The molecule has 0 atom stereocenters. The molecule has 1 N–H and O–H groups in total. The van der Waals surface area contributed by atoms with Crippen molar-refractivity contribution >= 4 is 10.2 Å². The Hall–Kier alpha value is -0.170. The number of nitrogens with zero attached hydrogens (tertiary/aromatic N) is 2. The maximum Gasteiger partial charge on any atom is 0.281 e. The van der Waals surface area contributed by atoms with Crippen molar-refractivity contribution in [1.29, 1.82) is 0 Å². The fourth-order valence-electron chi connectivity index (χ4n) is 1.73. The number of likely N-dealkylation sites (N-methyl/N-ethyl adjacent to an activating group) is 1. The fourth-order valence-corrected chi connectivity index (χ4v) is 3.15. The lowest BCUT2D eigenvalue weighted by atomic mass is 10.2. The zero-order valence-electron chi connectivity index (χ0n) is 9.22. The molecule has 1 saturated heterocycles. The molecule has 15 heavy (non-hydrogen) atoms. The van der Waals surface area contributed by atoms with E-state index in [-0.39, 0.29) is 13.2 Å². The van der Waals surface area contributed by atoms with Crippen LogP contribution in [0.15, 0.2) is 0 Å². The van der Waals surface area contributed by atoms with Gasteiger partial charge in [0.05, 0.1) is 6.61 Å². The van der Waals surface area contributed by atoms with Crippen LogP contribution in [0.3, 0.4) is 0 Å². The van der Waals surface area contributed by atoms with E-state index in [1.165, 1.54) is 15.7 Å². The van der Waals surface area contributed by atoms with Gasteiger partial charge in [-0.25, -0.2) is 0 Å². The third kappa shape index (κ3) is 3.41. The molecular formula is C9H20N2O3S. The van der Waals surface area contributed by atoms with E-state index >= 15 is 0 Å². The van der Waals surface area contributed by atoms with Gasteiger partial charge in [0.2, 0.25) is 0 Å². The van der Waals surface area contributed by atoms with Crippen LogP contribution in [0.5, 0.6) is 0 Å². The number of aliphatic hydroxyl groups excluding tert-OH is 1. The molecule has 0 radical (unpaired) electrons. The van der Waals surface area contributed by atoms with E-state index < -0.39 is 10.2 Å². The van der Waals surface area contributed by atoms with Crippen LogP contribution >= 0.6 is 0 Å². The summed E-state index contributed by atoms with van der Waals surface area (Å²) in [6.07, 6.45) is 4.09. The highest BCUT2D eigenvalue weighted by Crippen LogP contribution is 2.15. The summed E-state index contributed by atoms with van der Waals surface area (Å²) in [7, 11) is -1.83. The van der Waals surface area contributed by atoms with Gasteiger partial charge in [0.1, 0.15) is 0 Å². The largest absolute Gasteiger partial charge is 0.395 e. The first kappa shape index (κ1) is 12.9. The van der Waals surface area contributed by atoms with Crippen molar-refractivity contribution in [1.82, 2.24) is 8.61 Å². The highest BCUT2D eigenvalue weighted by Gasteiger charge is 2.26. The molecule has 1 fully saturated rings. The van der Waals surface area contributed by atoms with Crippen molar-refractivity contribution in [2.24, 2.45) is 0 Å². The molecule has 6 heteroatoms. The van der Waals surface area contributed by atoms with E-state index in [1.54, 1.807) is 0 Å². The molecule has 0 aromatic carbocycles. The Morgan fingerprint density at radius 2 is 1.73 bits per heavy atom. The molecule has 0 amide bonds. The van der Waals surface area contributed by atoms with Crippen molar-refractivity contribution < 1.29 is 13.5 Å². The van der Waals surface area contributed by atoms with Gasteiger partial charge < -0.3 is 5.11 Å². The quantitative estimate of drug-likeness (QED) is 0.749. The van der Waals surface area contributed by atoms with Crippen LogP contribution in [0.4, 0.5) is 0 Å². The average molecular weight is 236 g/mol. The van der Waals surface area contributed by atoms with E-state index in [4.69, 9.17) is 5.11 Å². The Bertz CT molecular complexity index is 271. The van der Waals surface area contributed by atoms with Crippen molar-refractivity contribution in [2.75, 3.05) is 33.3 Å². The normalized spacial score (nSPS) is 20.5. The van der Waals surface area contributed by atoms with E-state index in [0.717, 1.165) is 25.7 Å².